The SMILES string of the molecule is CC1(C)COCCN1C(=O)CCCCc1ccccc1. The molecule has 20 heavy (non-hydrogen) atoms. The van der Waals surface area contributed by atoms with Crippen LogP contribution in [0.4, 0.5) is 0 Å². The molecule has 1 heterocycles. The molecule has 1 aromatic carbocycles. The van der Waals surface area contributed by atoms with E-state index < -0.39 is 0 Å². The molecule has 1 aliphatic heterocycles. The van der Waals surface area contributed by atoms with Crippen molar-refractivity contribution in [1.29, 1.82) is 0 Å². The Bertz CT molecular complexity index is 428. The topological polar surface area (TPSA) is 29.5 Å². The maximum absolute atomic E-state index is 12.3. The van der Waals surface area contributed by atoms with Crippen LogP contribution in [0.5, 0.6) is 0 Å². The van der Waals surface area contributed by atoms with Gasteiger partial charge in [0.15, 0.2) is 0 Å². The predicted molar refractivity (Wildman–Crippen MR) is 80.6 cm³/mol. The molecular weight excluding hydrogens is 250 g/mol. The Morgan fingerprint density at radius 1 is 1.25 bits per heavy atom. The van der Waals surface area contributed by atoms with Crippen LogP contribution in [0.3, 0.4) is 0 Å². The second-order valence-electron chi connectivity index (χ2n) is 6.10. The molecule has 3 heteroatoms. The highest BCUT2D eigenvalue weighted by Gasteiger charge is 2.33. The normalized spacial score (nSPS) is 18.0. The third kappa shape index (κ3) is 4.07. The number of hydrogen-bond acceptors (Lipinski definition) is 2. The summed E-state index contributed by atoms with van der Waals surface area (Å²) in [6.45, 7) is 6.19. The van der Waals surface area contributed by atoms with Crippen molar-refractivity contribution in [3.8, 4) is 0 Å². The van der Waals surface area contributed by atoms with Crippen molar-refractivity contribution in [3.05, 3.63) is 35.9 Å². The zero-order valence-electron chi connectivity index (χ0n) is 12.6. The summed E-state index contributed by atoms with van der Waals surface area (Å²) in [5.74, 6) is 0.270. The molecule has 0 radical (unpaired) electrons. The van der Waals surface area contributed by atoms with Gasteiger partial charge in [-0.2, -0.15) is 0 Å². The zero-order valence-corrected chi connectivity index (χ0v) is 12.6. The van der Waals surface area contributed by atoms with Crippen molar-refractivity contribution in [2.45, 2.75) is 45.1 Å². The van der Waals surface area contributed by atoms with Crippen LogP contribution in [0.25, 0.3) is 0 Å². The molecular formula is C17H25NO2. The fourth-order valence-corrected chi connectivity index (χ4v) is 2.71. The molecule has 1 fully saturated rings. The third-order valence-electron chi connectivity index (χ3n) is 3.90. The summed E-state index contributed by atoms with van der Waals surface area (Å²) in [4.78, 5) is 14.3. The molecule has 0 N–H and O–H groups in total. The van der Waals surface area contributed by atoms with Gasteiger partial charge in [-0.1, -0.05) is 30.3 Å². The Morgan fingerprint density at radius 2 is 2.00 bits per heavy atom. The van der Waals surface area contributed by atoms with E-state index in [1.54, 1.807) is 0 Å². The number of nitrogens with zero attached hydrogens (tertiary/aromatic N) is 1. The van der Waals surface area contributed by atoms with Gasteiger partial charge in [-0.3, -0.25) is 4.79 Å². The molecule has 3 nitrogen and oxygen atoms in total. The minimum absolute atomic E-state index is 0.158. The number of hydrogen-bond donors (Lipinski definition) is 0. The molecule has 0 unspecified atom stereocenters. The van der Waals surface area contributed by atoms with Crippen molar-refractivity contribution < 1.29 is 9.53 Å². The molecule has 0 aliphatic carbocycles. The van der Waals surface area contributed by atoms with E-state index in [9.17, 15) is 4.79 Å². The number of carbonyl (C=O) groups excluding carboxylic acids is 1. The van der Waals surface area contributed by atoms with Crippen LogP contribution in [0.1, 0.15) is 38.7 Å². The molecule has 1 aromatic rings. The van der Waals surface area contributed by atoms with Gasteiger partial charge in [0.25, 0.3) is 0 Å². The van der Waals surface area contributed by atoms with Gasteiger partial charge in [-0.25, -0.2) is 0 Å². The lowest BCUT2D eigenvalue weighted by Gasteiger charge is -2.42. The van der Waals surface area contributed by atoms with E-state index in [2.05, 4.69) is 38.1 Å². The van der Waals surface area contributed by atoms with Crippen LogP contribution in [0, 0.1) is 0 Å². The monoisotopic (exact) mass is 275 g/mol. The van der Waals surface area contributed by atoms with Crippen molar-refractivity contribution in [3.63, 3.8) is 0 Å². The van der Waals surface area contributed by atoms with Gasteiger partial charge in [0.05, 0.1) is 18.8 Å². The second kappa shape index (κ2) is 6.89. The van der Waals surface area contributed by atoms with Gasteiger partial charge in [-0.15, -0.1) is 0 Å². The van der Waals surface area contributed by atoms with E-state index >= 15 is 0 Å². The van der Waals surface area contributed by atoms with Crippen molar-refractivity contribution in [2.24, 2.45) is 0 Å². The Labute approximate surface area is 121 Å². The Kier molecular flexibility index (Phi) is 5.18. The maximum Gasteiger partial charge on any atom is 0.223 e. The number of unbranched alkanes of at least 4 members (excludes halogenated alkanes) is 1. The van der Waals surface area contributed by atoms with Gasteiger partial charge >= 0.3 is 0 Å². The lowest BCUT2D eigenvalue weighted by atomic mass is 10.0. The van der Waals surface area contributed by atoms with E-state index in [4.69, 9.17) is 4.74 Å². The zero-order chi connectivity index (χ0) is 14.4. The van der Waals surface area contributed by atoms with Gasteiger partial charge in [0.1, 0.15) is 0 Å². The van der Waals surface area contributed by atoms with Crippen LogP contribution in [0.15, 0.2) is 30.3 Å². The van der Waals surface area contributed by atoms with E-state index in [1.807, 2.05) is 11.0 Å². The van der Waals surface area contributed by atoms with Crippen LogP contribution < -0.4 is 0 Å². The van der Waals surface area contributed by atoms with Gasteiger partial charge in [0.2, 0.25) is 5.91 Å². The quantitative estimate of drug-likeness (QED) is 0.773. The van der Waals surface area contributed by atoms with Crippen molar-refractivity contribution in [1.82, 2.24) is 4.90 Å². The first-order valence-corrected chi connectivity index (χ1v) is 7.52. The molecule has 0 saturated carbocycles. The number of aryl methyl sites for hydroxylation is 1. The molecule has 1 amide bonds. The summed E-state index contributed by atoms with van der Waals surface area (Å²) in [6.07, 6.45) is 3.73. The van der Waals surface area contributed by atoms with E-state index in [-0.39, 0.29) is 11.4 Å². The number of morpholine rings is 1. The van der Waals surface area contributed by atoms with Crippen LogP contribution in [-0.4, -0.2) is 36.1 Å². The van der Waals surface area contributed by atoms with E-state index in [1.165, 1.54) is 5.56 Å². The summed E-state index contributed by atoms with van der Waals surface area (Å²) >= 11 is 0. The Hall–Kier alpha value is -1.35. The summed E-state index contributed by atoms with van der Waals surface area (Å²) in [5.41, 5.74) is 1.20. The fourth-order valence-electron chi connectivity index (χ4n) is 2.71. The average molecular weight is 275 g/mol. The fraction of sp³-hybridized carbons (Fsp3) is 0.588. The predicted octanol–water partition coefficient (Wildman–Crippen LogP) is 3.04. The average Bonchev–Trinajstić information content (AvgIpc) is 2.44. The molecule has 0 aromatic heterocycles. The number of amides is 1. The first-order chi connectivity index (χ1) is 9.59. The summed E-state index contributed by atoms with van der Waals surface area (Å²) < 4.78 is 5.45. The van der Waals surface area contributed by atoms with Crippen molar-refractivity contribution in [2.75, 3.05) is 19.8 Å². The van der Waals surface area contributed by atoms with E-state index in [0.717, 1.165) is 25.8 Å². The molecule has 0 spiro atoms. The van der Waals surface area contributed by atoms with Gasteiger partial charge in [-0.05, 0) is 38.7 Å². The summed E-state index contributed by atoms with van der Waals surface area (Å²) in [5, 5.41) is 0. The first-order valence-electron chi connectivity index (χ1n) is 7.52. The van der Waals surface area contributed by atoms with Crippen molar-refractivity contribution >= 4 is 5.91 Å². The first kappa shape index (κ1) is 15.0. The van der Waals surface area contributed by atoms with E-state index in [0.29, 0.717) is 19.6 Å². The van der Waals surface area contributed by atoms with Crippen LogP contribution >= 0.6 is 0 Å². The van der Waals surface area contributed by atoms with Gasteiger partial charge in [0, 0.05) is 13.0 Å². The number of ether oxygens (including phenoxy) is 1. The second-order valence-corrected chi connectivity index (χ2v) is 6.10. The lowest BCUT2D eigenvalue weighted by molar-refractivity contribution is -0.146. The standard InChI is InChI=1S/C17H25NO2/c1-17(2)14-20-13-12-18(17)16(19)11-7-6-10-15-8-4-3-5-9-15/h3-5,8-9H,6-7,10-14H2,1-2H3. The number of carbonyl (C=O) groups is 1. The van der Waals surface area contributed by atoms with Gasteiger partial charge < -0.3 is 9.64 Å². The summed E-state index contributed by atoms with van der Waals surface area (Å²) in [7, 11) is 0. The van der Waals surface area contributed by atoms with Crippen LogP contribution in [0.2, 0.25) is 0 Å². The number of benzene rings is 1. The Morgan fingerprint density at radius 3 is 2.70 bits per heavy atom. The largest absolute Gasteiger partial charge is 0.377 e. The maximum atomic E-state index is 12.3. The molecule has 0 atom stereocenters. The molecule has 1 aliphatic rings. The third-order valence-corrected chi connectivity index (χ3v) is 3.90. The summed E-state index contributed by atoms with van der Waals surface area (Å²) in [6, 6.07) is 10.5. The highest BCUT2D eigenvalue weighted by molar-refractivity contribution is 5.77. The Balaban J connectivity index is 1.72. The molecule has 2 rings (SSSR count). The smallest absolute Gasteiger partial charge is 0.223 e. The highest BCUT2D eigenvalue weighted by atomic mass is 16.5. The lowest BCUT2D eigenvalue weighted by Crippen LogP contribution is -2.55. The van der Waals surface area contributed by atoms with Crippen LogP contribution in [-0.2, 0) is 16.0 Å². The molecule has 110 valence electrons. The highest BCUT2D eigenvalue weighted by Crippen LogP contribution is 2.20. The minimum atomic E-state index is -0.158. The molecule has 1 saturated heterocycles. The minimum Gasteiger partial charge on any atom is -0.377 e. The number of rotatable bonds is 5. The molecule has 0 bridgehead atoms.